The predicted molar refractivity (Wildman–Crippen MR) is 73.9 cm³/mol. The number of nitro benzene ring substituents is 1. The Morgan fingerprint density at radius 1 is 1.45 bits per heavy atom. The number of anilines is 1. The van der Waals surface area contributed by atoms with Crippen LogP contribution in [0, 0.1) is 10.1 Å². The Kier molecular flexibility index (Phi) is 4.41. The second-order valence-corrected chi connectivity index (χ2v) is 4.98. The molecule has 0 spiro atoms. The molecule has 108 valence electrons. The van der Waals surface area contributed by atoms with Crippen LogP contribution in [-0.4, -0.2) is 40.2 Å². The van der Waals surface area contributed by atoms with Crippen molar-refractivity contribution in [2.45, 2.75) is 18.9 Å². The predicted octanol–water partition coefficient (Wildman–Crippen LogP) is 2.24. The summed E-state index contributed by atoms with van der Waals surface area (Å²) < 4.78 is 0. The average molecular weight is 300 g/mol. The molecule has 0 atom stereocenters. The van der Waals surface area contributed by atoms with E-state index in [4.69, 9.17) is 11.6 Å². The molecule has 1 aliphatic rings. The van der Waals surface area contributed by atoms with Crippen LogP contribution in [0.25, 0.3) is 0 Å². The van der Waals surface area contributed by atoms with Gasteiger partial charge in [0.15, 0.2) is 0 Å². The molecule has 2 N–H and O–H groups in total. The number of nitrogens with zero attached hydrogens (tertiary/aromatic N) is 2. The van der Waals surface area contributed by atoms with Crippen LogP contribution in [-0.2, 0) is 0 Å². The summed E-state index contributed by atoms with van der Waals surface area (Å²) in [5.74, 6) is 0. The molecule has 0 aromatic heterocycles. The maximum atomic E-state index is 12.0. The molecule has 0 aliphatic carbocycles. The molecule has 8 heteroatoms. The first kappa shape index (κ1) is 14.5. The van der Waals surface area contributed by atoms with E-state index in [2.05, 4.69) is 5.32 Å². The molecule has 7 nitrogen and oxygen atoms in total. The Labute approximate surface area is 120 Å². The van der Waals surface area contributed by atoms with Crippen molar-refractivity contribution in [3.63, 3.8) is 0 Å². The number of amides is 2. The molecule has 20 heavy (non-hydrogen) atoms. The lowest BCUT2D eigenvalue weighted by Gasteiger charge is -2.29. The molecule has 0 saturated carbocycles. The maximum Gasteiger partial charge on any atom is 0.321 e. The van der Waals surface area contributed by atoms with Gasteiger partial charge in [0, 0.05) is 25.2 Å². The summed E-state index contributed by atoms with van der Waals surface area (Å²) in [4.78, 5) is 23.6. The molecule has 1 aliphatic heterocycles. The number of piperidine rings is 1. The first-order chi connectivity index (χ1) is 9.47. The van der Waals surface area contributed by atoms with Gasteiger partial charge in [-0.2, -0.15) is 0 Å². The van der Waals surface area contributed by atoms with Gasteiger partial charge in [0.2, 0.25) is 0 Å². The number of aliphatic hydroxyl groups excluding tert-OH is 1. The fourth-order valence-corrected chi connectivity index (χ4v) is 2.20. The first-order valence-electron chi connectivity index (χ1n) is 6.15. The van der Waals surface area contributed by atoms with Gasteiger partial charge in [-0.25, -0.2) is 4.79 Å². The monoisotopic (exact) mass is 299 g/mol. The third-order valence-electron chi connectivity index (χ3n) is 3.16. The smallest absolute Gasteiger partial charge is 0.321 e. The van der Waals surface area contributed by atoms with E-state index in [0.29, 0.717) is 31.6 Å². The number of hydrogen-bond donors (Lipinski definition) is 2. The van der Waals surface area contributed by atoms with Gasteiger partial charge in [-0.1, -0.05) is 11.6 Å². The highest BCUT2D eigenvalue weighted by Crippen LogP contribution is 2.27. The van der Waals surface area contributed by atoms with Crippen molar-refractivity contribution in [2.24, 2.45) is 0 Å². The van der Waals surface area contributed by atoms with Gasteiger partial charge in [-0.15, -0.1) is 0 Å². The lowest BCUT2D eigenvalue weighted by Crippen LogP contribution is -2.42. The zero-order chi connectivity index (χ0) is 14.7. The van der Waals surface area contributed by atoms with Crippen LogP contribution < -0.4 is 5.32 Å². The number of aliphatic hydroxyl groups is 1. The molecule has 1 fully saturated rings. The number of nitro groups is 1. The molecule has 0 radical (unpaired) electrons. The number of non-ortho nitro benzene ring substituents is 1. The van der Waals surface area contributed by atoms with Crippen molar-refractivity contribution in [3.8, 4) is 0 Å². The Bertz CT molecular complexity index is 529. The van der Waals surface area contributed by atoms with Crippen LogP contribution in [0.3, 0.4) is 0 Å². The second kappa shape index (κ2) is 6.06. The molecule has 1 aromatic rings. The summed E-state index contributed by atoms with van der Waals surface area (Å²) in [6, 6.07) is 3.54. The van der Waals surface area contributed by atoms with Crippen molar-refractivity contribution in [3.05, 3.63) is 33.3 Å². The molecule has 1 saturated heterocycles. The zero-order valence-corrected chi connectivity index (χ0v) is 11.3. The number of rotatable bonds is 2. The van der Waals surface area contributed by atoms with Gasteiger partial charge in [0.1, 0.15) is 0 Å². The summed E-state index contributed by atoms with van der Waals surface area (Å²) in [7, 11) is 0. The van der Waals surface area contributed by atoms with Crippen molar-refractivity contribution >= 4 is 29.0 Å². The lowest BCUT2D eigenvalue weighted by atomic mass is 10.1. The molecule has 2 rings (SSSR count). The maximum absolute atomic E-state index is 12.0. The van der Waals surface area contributed by atoms with Gasteiger partial charge < -0.3 is 15.3 Å². The standard InChI is InChI=1S/C12H14ClN3O4/c13-10-7-8(16(19)20)1-2-11(10)14-12(18)15-5-3-9(17)4-6-15/h1-2,7,9,17H,3-6H2,(H,14,18). The fourth-order valence-electron chi connectivity index (χ4n) is 1.98. The van der Waals surface area contributed by atoms with E-state index < -0.39 is 4.92 Å². The summed E-state index contributed by atoms with van der Waals surface area (Å²) in [5.41, 5.74) is 0.197. The summed E-state index contributed by atoms with van der Waals surface area (Å²) in [6.07, 6.45) is 0.727. The summed E-state index contributed by atoms with van der Waals surface area (Å²) in [5, 5.41) is 22.7. The third kappa shape index (κ3) is 3.37. The molecule has 2 amide bonds. The number of urea groups is 1. The minimum atomic E-state index is -0.552. The van der Waals surface area contributed by atoms with Gasteiger partial charge >= 0.3 is 6.03 Å². The highest BCUT2D eigenvalue weighted by molar-refractivity contribution is 6.33. The van der Waals surface area contributed by atoms with Crippen molar-refractivity contribution in [1.29, 1.82) is 0 Å². The minimum Gasteiger partial charge on any atom is -0.393 e. The number of nitrogens with one attached hydrogen (secondary N) is 1. The van der Waals surface area contributed by atoms with Crippen LogP contribution in [0.2, 0.25) is 5.02 Å². The van der Waals surface area contributed by atoms with E-state index in [-0.39, 0.29) is 22.8 Å². The number of hydrogen-bond acceptors (Lipinski definition) is 4. The van der Waals surface area contributed by atoms with Crippen molar-refractivity contribution < 1.29 is 14.8 Å². The van der Waals surface area contributed by atoms with Gasteiger partial charge in [0.25, 0.3) is 5.69 Å². The van der Waals surface area contributed by atoms with Crippen LogP contribution in [0.5, 0.6) is 0 Å². The van der Waals surface area contributed by atoms with Gasteiger partial charge in [-0.3, -0.25) is 10.1 Å². The molecule has 1 aromatic carbocycles. The Hall–Kier alpha value is -1.86. The van der Waals surface area contributed by atoms with Crippen LogP contribution >= 0.6 is 11.6 Å². The number of halogens is 1. The van der Waals surface area contributed by atoms with Crippen LogP contribution in [0.4, 0.5) is 16.2 Å². The number of benzene rings is 1. The largest absolute Gasteiger partial charge is 0.393 e. The Morgan fingerprint density at radius 2 is 2.10 bits per heavy atom. The Balaban J connectivity index is 2.02. The van der Waals surface area contributed by atoms with Crippen molar-refractivity contribution in [2.75, 3.05) is 18.4 Å². The van der Waals surface area contributed by atoms with E-state index >= 15 is 0 Å². The van der Waals surface area contributed by atoms with E-state index in [0.717, 1.165) is 0 Å². The summed E-state index contributed by atoms with van der Waals surface area (Å²) >= 11 is 5.90. The highest BCUT2D eigenvalue weighted by Gasteiger charge is 2.22. The Morgan fingerprint density at radius 3 is 2.65 bits per heavy atom. The average Bonchev–Trinajstić information content (AvgIpc) is 2.41. The van der Waals surface area contributed by atoms with Gasteiger partial charge in [0.05, 0.1) is 21.7 Å². The van der Waals surface area contributed by atoms with Crippen LogP contribution in [0.1, 0.15) is 12.8 Å². The third-order valence-corrected chi connectivity index (χ3v) is 3.47. The number of carbonyl (C=O) groups is 1. The topological polar surface area (TPSA) is 95.7 Å². The molecule has 0 unspecified atom stereocenters. The highest BCUT2D eigenvalue weighted by atomic mass is 35.5. The molecular weight excluding hydrogens is 286 g/mol. The normalized spacial score (nSPS) is 16.0. The van der Waals surface area contributed by atoms with Crippen molar-refractivity contribution in [1.82, 2.24) is 4.90 Å². The molecule has 0 bridgehead atoms. The van der Waals surface area contributed by atoms with Crippen LogP contribution in [0.15, 0.2) is 18.2 Å². The quantitative estimate of drug-likeness (QED) is 0.646. The van der Waals surface area contributed by atoms with E-state index in [1.54, 1.807) is 4.90 Å². The molecular formula is C12H14ClN3O4. The van der Waals surface area contributed by atoms with E-state index in [1.807, 2.05) is 0 Å². The second-order valence-electron chi connectivity index (χ2n) is 4.57. The SMILES string of the molecule is O=C(Nc1ccc([N+](=O)[O-])cc1Cl)N1CCC(O)CC1. The van der Waals surface area contributed by atoms with E-state index in [9.17, 15) is 20.0 Å². The molecule has 1 heterocycles. The minimum absolute atomic E-state index is 0.115. The zero-order valence-electron chi connectivity index (χ0n) is 10.6. The van der Waals surface area contributed by atoms with E-state index in [1.165, 1.54) is 18.2 Å². The fraction of sp³-hybridized carbons (Fsp3) is 0.417. The number of likely N-dealkylation sites (tertiary alicyclic amines) is 1. The van der Waals surface area contributed by atoms with Gasteiger partial charge in [-0.05, 0) is 18.9 Å². The summed E-state index contributed by atoms with van der Waals surface area (Å²) in [6.45, 7) is 0.940. The lowest BCUT2D eigenvalue weighted by molar-refractivity contribution is -0.384. The first-order valence-corrected chi connectivity index (χ1v) is 6.53. The number of carbonyl (C=O) groups excluding carboxylic acids is 1.